The van der Waals surface area contributed by atoms with Gasteiger partial charge in [-0.15, -0.1) is 0 Å². The third-order valence-electron chi connectivity index (χ3n) is 9.32. The number of carbonyl (C=O) groups excluding carboxylic acids is 2. The number of ether oxygens (including phenoxy) is 3. The third kappa shape index (κ3) is 15.4. The zero-order valence-electron chi connectivity index (χ0n) is 30.0. The Hall–Kier alpha value is -3.06. The molecule has 1 aromatic heterocycles. The lowest BCUT2D eigenvalue weighted by Crippen LogP contribution is -2.37. The Morgan fingerprint density at radius 1 is 0.729 bits per heavy atom. The lowest BCUT2D eigenvalue weighted by molar-refractivity contribution is -0.152. The number of amides is 1. The number of rotatable bonds is 26. The van der Waals surface area contributed by atoms with E-state index in [0.717, 1.165) is 41.3 Å². The maximum absolute atomic E-state index is 12.8. The SMILES string of the molecule is CCCCCCCCCCCCCCCCCCCC(=O)OCOC(=O)N(C)C(C)CC(Oc1cccc2ccccc12)c1ccsc1. The van der Waals surface area contributed by atoms with Crippen molar-refractivity contribution in [2.24, 2.45) is 0 Å². The van der Waals surface area contributed by atoms with Gasteiger partial charge in [0.15, 0.2) is 0 Å². The fourth-order valence-corrected chi connectivity index (χ4v) is 6.83. The van der Waals surface area contributed by atoms with Crippen molar-refractivity contribution >= 4 is 34.2 Å². The number of carbonyl (C=O) groups is 2. The molecule has 3 rings (SSSR count). The Balaban J connectivity index is 1.22. The summed E-state index contributed by atoms with van der Waals surface area (Å²) in [7, 11) is 1.70. The number of esters is 1. The van der Waals surface area contributed by atoms with Gasteiger partial charge in [0.25, 0.3) is 0 Å². The van der Waals surface area contributed by atoms with Gasteiger partial charge < -0.3 is 19.1 Å². The summed E-state index contributed by atoms with van der Waals surface area (Å²) in [5.41, 5.74) is 1.07. The van der Waals surface area contributed by atoms with Crippen LogP contribution in [0.15, 0.2) is 59.3 Å². The molecule has 0 N–H and O–H groups in total. The molecule has 0 aliphatic carbocycles. The summed E-state index contributed by atoms with van der Waals surface area (Å²) in [6.07, 6.45) is 22.3. The van der Waals surface area contributed by atoms with E-state index in [2.05, 4.69) is 36.6 Å². The first-order chi connectivity index (χ1) is 23.5. The predicted molar refractivity (Wildman–Crippen MR) is 200 cm³/mol. The number of benzene rings is 2. The third-order valence-corrected chi connectivity index (χ3v) is 10.0. The highest BCUT2D eigenvalue weighted by atomic mass is 32.1. The van der Waals surface area contributed by atoms with Gasteiger partial charge in [-0.3, -0.25) is 4.79 Å². The predicted octanol–water partition coefficient (Wildman–Crippen LogP) is 12.4. The summed E-state index contributed by atoms with van der Waals surface area (Å²) >= 11 is 1.62. The van der Waals surface area contributed by atoms with E-state index < -0.39 is 6.09 Å². The van der Waals surface area contributed by atoms with Crippen LogP contribution in [0.5, 0.6) is 5.75 Å². The van der Waals surface area contributed by atoms with Crippen molar-refractivity contribution in [3.8, 4) is 5.75 Å². The standard InChI is InChI=1S/C41H61NO5S/c1-4-5-6-7-8-9-10-11-12-13-14-15-16-17-18-19-20-28-40(43)45-33-46-41(44)42(3)34(2)31-39(36-29-30-48-32-36)47-38-27-23-25-35-24-21-22-26-37(35)38/h21-27,29-30,32,34,39H,4-20,28,31,33H2,1-3H3. The Morgan fingerprint density at radius 2 is 1.31 bits per heavy atom. The van der Waals surface area contributed by atoms with Crippen LogP contribution in [-0.4, -0.2) is 36.8 Å². The average Bonchev–Trinajstić information content (AvgIpc) is 3.64. The Labute approximate surface area is 294 Å². The summed E-state index contributed by atoms with van der Waals surface area (Å²) in [6.45, 7) is 3.88. The van der Waals surface area contributed by atoms with Crippen LogP contribution in [0, 0.1) is 0 Å². The maximum atomic E-state index is 12.8. The van der Waals surface area contributed by atoms with E-state index in [1.54, 1.807) is 18.4 Å². The second kappa shape index (κ2) is 24.1. The summed E-state index contributed by atoms with van der Waals surface area (Å²) in [5.74, 6) is 0.494. The maximum Gasteiger partial charge on any atom is 0.412 e. The van der Waals surface area contributed by atoms with Gasteiger partial charge in [0.05, 0.1) is 0 Å². The largest absolute Gasteiger partial charge is 0.485 e. The molecular weight excluding hydrogens is 619 g/mol. The summed E-state index contributed by atoms with van der Waals surface area (Å²) in [6, 6.07) is 16.1. The number of nitrogens with zero attached hydrogens (tertiary/aromatic N) is 1. The van der Waals surface area contributed by atoms with Gasteiger partial charge in [0, 0.05) is 36.9 Å². The van der Waals surface area contributed by atoms with Crippen LogP contribution in [0.25, 0.3) is 10.8 Å². The first-order valence-electron chi connectivity index (χ1n) is 18.7. The van der Waals surface area contributed by atoms with Gasteiger partial charge in [-0.25, -0.2) is 4.79 Å². The Kier molecular flexibility index (Phi) is 19.8. The molecule has 48 heavy (non-hydrogen) atoms. The van der Waals surface area contributed by atoms with Crippen molar-refractivity contribution in [2.75, 3.05) is 13.8 Å². The minimum absolute atomic E-state index is 0.178. The normalized spacial score (nSPS) is 12.5. The summed E-state index contributed by atoms with van der Waals surface area (Å²) in [4.78, 5) is 26.5. The van der Waals surface area contributed by atoms with E-state index in [0.29, 0.717) is 12.8 Å². The molecule has 1 heterocycles. The van der Waals surface area contributed by atoms with Crippen LogP contribution in [0.2, 0.25) is 0 Å². The topological polar surface area (TPSA) is 65.1 Å². The van der Waals surface area contributed by atoms with Gasteiger partial charge in [-0.1, -0.05) is 146 Å². The van der Waals surface area contributed by atoms with Crippen molar-refractivity contribution in [2.45, 2.75) is 148 Å². The first kappa shape index (κ1) is 39.4. The van der Waals surface area contributed by atoms with E-state index in [1.807, 2.05) is 36.6 Å². The van der Waals surface area contributed by atoms with Crippen LogP contribution < -0.4 is 4.74 Å². The molecule has 6 nitrogen and oxygen atoms in total. The van der Waals surface area contributed by atoms with Crippen LogP contribution in [0.4, 0.5) is 4.79 Å². The highest BCUT2D eigenvalue weighted by Crippen LogP contribution is 2.33. The van der Waals surface area contributed by atoms with E-state index >= 15 is 0 Å². The van der Waals surface area contributed by atoms with Gasteiger partial charge in [-0.2, -0.15) is 11.3 Å². The Bertz CT molecular complexity index is 1270. The van der Waals surface area contributed by atoms with Crippen LogP contribution >= 0.6 is 11.3 Å². The molecule has 0 fully saturated rings. The first-order valence-corrected chi connectivity index (χ1v) is 19.7. The van der Waals surface area contributed by atoms with E-state index in [-0.39, 0.29) is 24.9 Å². The minimum atomic E-state index is -0.526. The molecule has 266 valence electrons. The second-order valence-corrected chi connectivity index (χ2v) is 14.1. The minimum Gasteiger partial charge on any atom is -0.485 e. The van der Waals surface area contributed by atoms with Crippen LogP contribution in [0.3, 0.4) is 0 Å². The number of fused-ring (bicyclic) bond motifs is 1. The van der Waals surface area contributed by atoms with Crippen molar-refractivity contribution in [1.29, 1.82) is 0 Å². The highest BCUT2D eigenvalue weighted by molar-refractivity contribution is 7.08. The molecule has 0 spiro atoms. The molecule has 3 aromatic rings. The van der Waals surface area contributed by atoms with Gasteiger partial charge in [-0.05, 0) is 41.6 Å². The van der Waals surface area contributed by atoms with Crippen molar-refractivity contribution in [1.82, 2.24) is 4.90 Å². The second-order valence-electron chi connectivity index (χ2n) is 13.3. The van der Waals surface area contributed by atoms with Gasteiger partial charge in [0.2, 0.25) is 6.79 Å². The average molecular weight is 680 g/mol. The molecule has 0 saturated carbocycles. The summed E-state index contributed by atoms with van der Waals surface area (Å²) < 4.78 is 17.0. The molecule has 2 unspecified atom stereocenters. The molecule has 0 saturated heterocycles. The van der Waals surface area contributed by atoms with Crippen molar-refractivity contribution in [3.63, 3.8) is 0 Å². The molecule has 0 aliphatic rings. The molecule has 1 amide bonds. The lowest BCUT2D eigenvalue weighted by atomic mass is 10.0. The number of unbranched alkanes of at least 4 members (excludes halogenated alkanes) is 16. The fraction of sp³-hybridized carbons (Fsp3) is 0.610. The molecule has 0 radical (unpaired) electrons. The molecule has 0 bridgehead atoms. The quantitative estimate of drug-likeness (QED) is 0.0480. The van der Waals surface area contributed by atoms with Crippen LogP contribution in [-0.2, 0) is 14.3 Å². The van der Waals surface area contributed by atoms with E-state index in [1.165, 1.54) is 94.8 Å². The molecule has 2 atom stereocenters. The van der Waals surface area contributed by atoms with Gasteiger partial charge >= 0.3 is 12.1 Å². The highest BCUT2D eigenvalue weighted by Gasteiger charge is 2.24. The zero-order chi connectivity index (χ0) is 34.2. The van der Waals surface area contributed by atoms with Crippen LogP contribution in [0.1, 0.15) is 148 Å². The Morgan fingerprint density at radius 3 is 1.92 bits per heavy atom. The molecular formula is C41H61NO5S. The summed E-state index contributed by atoms with van der Waals surface area (Å²) in [5, 5.41) is 6.29. The smallest absolute Gasteiger partial charge is 0.412 e. The number of hydrogen-bond acceptors (Lipinski definition) is 6. The lowest BCUT2D eigenvalue weighted by Gasteiger charge is -2.28. The molecule has 2 aromatic carbocycles. The number of hydrogen-bond donors (Lipinski definition) is 0. The fourth-order valence-electron chi connectivity index (χ4n) is 6.12. The monoisotopic (exact) mass is 679 g/mol. The van der Waals surface area contributed by atoms with E-state index in [9.17, 15) is 9.59 Å². The molecule has 0 aliphatic heterocycles. The van der Waals surface area contributed by atoms with E-state index in [4.69, 9.17) is 14.2 Å². The number of thiophene rings is 1. The van der Waals surface area contributed by atoms with Crippen molar-refractivity contribution < 1.29 is 23.8 Å². The zero-order valence-corrected chi connectivity index (χ0v) is 30.8. The molecule has 7 heteroatoms. The van der Waals surface area contributed by atoms with Gasteiger partial charge in [0.1, 0.15) is 11.9 Å². The van der Waals surface area contributed by atoms with Crippen molar-refractivity contribution in [3.05, 3.63) is 64.9 Å².